The van der Waals surface area contributed by atoms with Crippen LogP contribution < -0.4 is 14.5 Å². The number of anilines is 1. The lowest BCUT2D eigenvalue weighted by Crippen LogP contribution is -2.42. The number of fused-ring (bicyclic) bond motifs is 9. The molecule has 8 rings (SSSR count). The summed E-state index contributed by atoms with van der Waals surface area (Å²) in [7, 11) is 0. The van der Waals surface area contributed by atoms with Crippen LogP contribution in [0.15, 0.2) is 64.4 Å². The minimum Gasteiger partial charge on any atom is -0.484 e. The number of H-pyrrole nitrogens is 1. The quantitative estimate of drug-likeness (QED) is 0.433. The van der Waals surface area contributed by atoms with Crippen LogP contribution in [-0.4, -0.2) is 52.6 Å². The van der Waals surface area contributed by atoms with Gasteiger partial charge in [0.15, 0.2) is 6.61 Å². The summed E-state index contributed by atoms with van der Waals surface area (Å²) in [6.07, 6.45) is 4.07. The zero-order valence-corrected chi connectivity index (χ0v) is 24.6. The number of amides is 3. The van der Waals surface area contributed by atoms with Gasteiger partial charge in [-0.15, -0.1) is 11.8 Å². The van der Waals surface area contributed by atoms with E-state index in [2.05, 4.69) is 11.1 Å². The van der Waals surface area contributed by atoms with Crippen LogP contribution in [0.1, 0.15) is 42.0 Å². The van der Waals surface area contributed by atoms with Crippen LogP contribution in [0.4, 0.5) is 5.69 Å². The molecular weight excluding hydrogens is 571 g/mol. The van der Waals surface area contributed by atoms with E-state index in [9.17, 15) is 19.2 Å². The van der Waals surface area contributed by atoms with E-state index in [0.29, 0.717) is 11.4 Å². The summed E-state index contributed by atoms with van der Waals surface area (Å²) in [5.41, 5.74) is 1.66. The molecule has 3 aromatic rings. The van der Waals surface area contributed by atoms with Crippen molar-refractivity contribution in [2.75, 3.05) is 24.6 Å². The number of benzene rings is 2. The van der Waals surface area contributed by atoms with Crippen LogP contribution >= 0.6 is 23.1 Å². The van der Waals surface area contributed by atoms with Crippen molar-refractivity contribution in [3.8, 4) is 5.75 Å². The van der Waals surface area contributed by atoms with Crippen molar-refractivity contribution < 1.29 is 19.1 Å². The maximum Gasteiger partial charge on any atom is 0.305 e. The Morgan fingerprint density at radius 1 is 0.929 bits per heavy atom. The molecule has 7 atom stereocenters. The average molecular weight is 602 g/mol. The van der Waals surface area contributed by atoms with Crippen molar-refractivity contribution in [2.45, 2.75) is 41.9 Å². The normalized spacial score (nSPS) is 31.2. The van der Waals surface area contributed by atoms with Crippen LogP contribution in [0.2, 0.25) is 0 Å². The van der Waals surface area contributed by atoms with E-state index in [1.54, 1.807) is 11.8 Å². The van der Waals surface area contributed by atoms with Gasteiger partial charge in [-0.25, -0.2) is 0 Å². The number of aromatic amines is 1. The van der Waals surface area contributed by atoms with Gasteiger partial charge in [0.1, 0.15) is 5.75 Å². The number of aromatic nitrogens is 1. The standard InChI is InChI=1S/C32H31N3O5S2/c36-22(34-12-5-2-6-13-34)16-40-19-11-7-8-17(14-19)23-24-20-15-21(27(24)41-29-28(23)42-32(39)33-29)26-25(20)30(37)35(31(26)38)18-9-3-1-4-10-18/h1,3-4,7-11,14,20-21,23-27H,2,5-6,12-13,15-16H2,(H,33,39)/t20?,21?,23-,24?,25?,26?,27?/m1/s1. The number of likely N-dealkylation sites (tertiary alicyclic amines) is 1. The van der Waals surface area contributed by atoms with Gasteiger partial charge in [-0.2, -0.15) is 0 Å². The monoisotopic (exact) mass is 601 g/mol. The van der Waals surface area contributed by atoms with Crippen molar-refractivity contribution >= 4 is 46.5 Å². The molecule has 1 aromatic heterocycles. The van der Waals surface area contributed by atoms with Crippen LogP contribution in [0.25, 0.3) is 0 Å². The minimum absolute atomic E-state index is 0.000843. The summed E-state index contributed by atoms with van der Waals surface area (Å²) >= 11 is 2.93. The van der Waals surface area contributed by atoms with Crippen LogP contribution in [0.5, 0.6) is 5.75 Å². The molecule has 10 heteroatoms. The number of carbonyl (C=O) groups is 3. The Labute approximate surface area is 251 Å². The first kappa shape index (κ1) is 26.3. The van der Waals surface area contributed by atoms with E-state index in [1.165, 1.54) is 16.2 Å². The van der Waals surface area contributed by atoms with E-state index in [-0.39, 0.29) is 70.0 Å². The lowest BCUT2D eigenvalue weighted by molar-refractivity contribution is -0.134. The number of hydrogen-bond donors (Lipinski definition) is 1. The Kier molecular flexibility index (Phi) is 6.33. The third kappa shape index (κ3) is 4.01. The number of hydrogen-bond acceptors (Lipinski definition) is 7. The number of nitrogens with one attached hydrogen (secondary N) is 1. The predicted molar refractivity (Wildman–Crippen MR) is 160 cm³/mol. The largest absolute Gasteiger partial charge is 0.484 e. The molecule has 0 spiro atoms. The topological polar surface area (TPSA) is 99.8 Å². The molecule has 2 aromatic carbocycles. The van der Waals surface area contributed by atoms with Gasteiger partial charge in [-0.05, 0) is 73.3 Å². The van der Waals surface area contributed by atoms with Crippen molar-refractivity contribution in [1.82, 2.24) is 9.88 Å². The predicted octanol–water partition coefficient (Wildman–Crippen LogP) is 4.51. The Morgan fingerprint density at radius 2 is 1.69 bits per heavy atom. The smallest absolute Gasteiger partial charge is 0.305 e. The number of rotatable bonds is 5. The highest BCUT2D eigenvalue weighted by atomic mass is 32.2. The number of para-hydroxylation sites is 1. The Balaban J connectivity index is 1.11. The maximum atomic E-state index is 13.9. The summed E-state index contributed by atoms with van der Waals surface area (Å²) in [6.45, 7) is 1.57. The molecule has 2 saturated carbocycles. The fourth-order valence-electron chi connectivity index (χ4n) is 8.40. The van der Waals surface area contributed by atoms with E-state index in [1.807, 2.05) is 53.4 Å². The molecule has 1 N–H and O–H groups in total. The molecule has 6 unspecified atom stereocenters. The molecule has 2 aliphatic carbocycles. The van der Waals surface area contributed by atoms with Crippen molar-refractivity contribution in [3.05, 3.63) is 74.7 Å². The summed E-state index contributed by atoms with van der Waals surface area (Å²) in [6, 6.07) is 17.1. The Hall–Kier alpha value is -3.37. The van der Waals surface area contributed by atoms with Gasteiger partial charge in [-0.1, -0.05) is 41.7 Å². The van der Waals surface area contributed by atoms with Gasteiger partial charge in [0, 0.05) is 29.1 Å². The van der Waals surface area contributed by atoms with Crippen LogP contribution in [0.3, 0.4) is 0 Å². The summed E-state index contributed by atoms with van der Waals surface area (Å²) in [5, 5.41) is 1.00. The summed E-state index contributed by atoms with van der Waals surface area (Å²) < 4.78 is 6.01. The summed E-state index contributed by atoms with van der Waals surface area (Å²) in [4.78, 5) is 60.2. The molecule has 3 aliphatic heterocycles. The van der Waals surface area contributed by atoms with Gasteiger partial charge in [-0.3, -0.25) is 24.1 Å². The molecular formula is C32H31N3O5S2. The molecule has 3 amide bonds. The zero-order chi connectivity index (χ0) is 28.5. The highest BCUT2D eigenvalue weighted by Crippen LogP contribution is 2.68. The number of piperidine rings is 1. The van der Waals surface area contributed by atoms with Crippen LogP contribution in [0, 0.1) is 29.6 Å². The second-order valence-electron chi connectivity index (χ2n) is 12.1. The molecule has 5 aliphatic rings. The van der Waals surface area contributed by atoms with Crippen molar-refractivity contribution in [1.29, 1.82) is 0 Å². The Bertz CT molecular complexity index is 1630. The van der Waals surface area contributed by atoms with Gasteiger partial charge in [0.2, 0.25) is 11.8 Å². The van der Waals surface area contributed by atoms with E-state index in [0.717, 1.165) is 54.2 Å². The first-order valence-corrected chi connectivity index (χ1v) is 16.5. The molecule has 4 fully saturated rings. The fraction of sp³-hybridized carbons (Fsp3) is 0.438. The fourth-order valence-corrected chi connectivity index (χ4v) is 11.3. The minimum atomic E-state index is -0.342. The molecule has 42 heavy (non-hydrogen) atoms. The molecule has 2 saturated heterocycles. The van der Waals surface area contributed by atoms with Gasteiger partial charge in [0.25, 0.3) is 5.91 Å². The zero-order valence-electron chi connectivity index (χ0n) is 22.9. The lowest BCUT2D eigenvalue weighted by atomic mass is 9.68. The molecule has 4 heterocycles. The van der Waals surface area contributed by atoms with E-state index >= 15 is 0 Å². The third-order valence-electron chi connectivity index (χ3n) is 10.0. The summed E-state index contributed by atoms with van der Waals surface area (Å²) in [5.74, 6) is -0.0779. The lowest BCUT2D eigenvalue weighted by Gasteiger charge is -2.43. The van der Waals surface area contributed by atoms with Gasteiger partial charge >= 0.3 is 4.87 Å². The number of thioether (sulfide) groups is 1. The second kappa shape index (κ2) is 10.1. The Morgan fingerprint density at radius 3 is 2.48 bits per heavy atom. The second-order valence-corrected chi connectivity index (χ2v) is 14.3. The van der Waals surface area contributed by atoms with Gasteiger partial charge in [0.05, 0.1) is 22.5 Å². The number of ether oxygens (including phenoxy) is 1. The first-order valence-electron chi connectivity index (χ1n) is 14.8. The third-order valence-corrected chi connectivity index (χ3v) is 12.6. The van der Waals surface area contributed by atoms with Gasteiger partial charge < -0.3 is 14.6 Å². The van der Waals surface area contributed by atoms with Crippen molar-refractivity contribution in [3.63, 3.8) is 0 Å². The number of nitrogens with zero attached hydrogens (tertiary/aromatic N) is 2. The molecule has 8 nitrogen and oxygen atoms in total. The van der Waals surface area contributed by atoms with E-state index in [4.69, 9.17) is 4.74 Å². The highest BCUT2D eigenvalue weighted by Gasteiger charge is 2.69. The molecule has 216 valence electrons. The maximum absolute atomic E-state index is 13.9. The highest BCUT2D eigenvalue weighted by molar-refractivity contribution is 8.00. The number of thiazole rings is 1. The van der Waals surface area contributed by atoms with Crippen molar-refractivity contribution in [2.24, 2.45) is 29.6 Å². The van der Waals surface area contributed by atoms with Crippen LogP contribution in [-0.2, 0) is 14.4 Å². The molecule has 0 radical (unpaired) electrons. The number of imide groups is 1. The SMILES string of the molecule is O=C(COc1cccc([C@H]2c3sc(=O)[nH]c3SC3C4CC(C5C(=O)N(c6ccccc6)C(=O)C45)C32)c1)N1CCCCC1. The first-order chi connectivity index (χ1) is 20.5. The number of carbonyl (C=O) groups excluding carboxylic acids is 3. The average Bonchev–Trinajstić information content (AvgIpc) is 3.75. The van der Waals surface area contributed by atoms with E-state index < -0.39 is 0 Å². The molecule has 2 bridgehead atoms.